The monoisotopic (exact) mass is 309 g/mol. The first kappa shape index (κ1) is 15.9. The first-order valence-electron chi connectivity index (χ1n) is 5.68. The Morgan fingerprint density at radius 1 is 1.47 bits per heavy atom. The number of carbonyl (C=O) groups is 1. The minimum Gasteiger partial charge on any atom is -0.410 e. The molecule has 1 heterocycles. The van der Waals surface area contributed by atoms with E-state index in [9.17, 15) is 13.2 Å². The molecule has 0 aliphatic heterocycles. The first-order chi connectivity index (χ1) is 8.79. The van der Waals surface area contributed by atoms with Crippen LogP contribution in [0.2, 0.25) is 0 Å². The van der Waals surface area contributed by atoms with Crippen molar-refractivity contribution in [1.82, 2.24) is 15.5 Å². The Balaban J connectivity index is 3.04. The number of hydrogen-bond donors (Lipinski definition) is 1. The highest BCUT2D eigenvalue weighted by Crippen LogP contribution is 2.24. The lowest BCUT2D eigenvalue weighted by atomic mass is 9.99. The quantitative estimate of drug-likeness (QED) is 0.784. The van der Waals surface area contributed by atoms with E-state index in [4.69, 9.17) is 16.0 Å². The number of rotatable bonds is 6. The van der Waals surface area contributed by atoms with Crippen LogP contribution in [-0.2, 0) is 14.6 Å². The van der Waals surface area contributed by atoms with Gasteiger partial charge in [-0.2, -0.15) is 0 Å². The predicted molar refractivity (Wildman–Crippen MR) is 68.5 cm³/mol. The van der Waals surface area contributed by atoms with Gasteiger partial charge in [-0.15, -0.1) is 16.7 Å². The fraction of sp³-hybridized carbons (Fsp3) is 0.700. The maximum atomic E-state index is 11.4. The van der Waals surface area contributed by atoms with Gasteiger partial charge in [0.05, 0.1) is 0 Å². The highest BCUT2D eigenvalue weighted by atomic mass is 35.5. The zero-order valence-electron chi connectivity index (χ0n) is 10.9. The SMILES string of the molecule is CC[C@@H](C)[C@H](NC(=O)CCl)c1nnc(S(C)(=O)=O)o1. The van der Waals surface area contributed by atoms with Crippen molar-refractivity contribution in [2.24, 2.45) is 5.92 Å². The molecule has 9 heteroatoms. The van der Waals surface area contributed by atoms with Crippen LogP contribution >= 0.6 is 11.6 Å². The van der Waals surface area contributed by atoms with Crippen LogP contribution in [0.25, 0.3) is 0 Å². The molecule has 0 saturated heterocycles. The van der Waals surface area contributed by atoms with Crippen LogP contribution < -0.4 is 5.32 Å². The molecule has 1 N–H and O–H groups in total. The maximum Gasteiger partial charge on any atom is 0.335 e. The zero-order valence-corrected chi connectivity index (χ0v) is 12.5. The minimum absolute atomic E-state index is 0.0000249. The molecule has 0 unspecified atom stereocenters. The van der Waals surface area contributed by atoms with E-state index in [2.05, 4.69) is 15.5 Å². The highest BCUT2D eigenvalue weighted by Gasteiger charge is 2.27. The molecule has 0 aliphatic carbocycles. The second kappa shape index (κ2) is 6.33. The van der Waals surface area contributed by atoms with Gasteiger partial charge in [0, 0.05) is 6.26 Å². The summed E-state index contributed by atoms with van der Waals surface area (Å²) in [6.07, 6.45) is 1.71. The molecule has 0 bridgehead atoms. The first-order valence-corrected chi connectivity index (χ1v) is 8.11. The average molecular weight is 310 g/mol. The minimum atomic E-state index is -3.56. The summed E-state index contributed by atoms with van der Waals surface area (Å²) in [6.45, 7) is 3.81. The Morgan fingerprint density at radius 3 is 2.53 bits per heavy atom. The Hall–Kier alpha value is -1.15. The summed E-state index contributed by atoms with van der Waals surface area (Å²) in [5.41, 5.74) is 0. The summed E-state index contributed by atoms with van der Waals surface area (Å²) < 4.78 is 27.7. The van der Waals surface area contributed by atoms with Gasteiger partial charge in [-0.25, -0.2) is 8.42 Å². The summed E-state index contributed by atoms with van der Waals surface area (Å²) in [5, 5.41) is 9.33. The number of amides is 1. The Morgan fingerprint density at radius 2 is 2.11 bits per heavy atom. The van der Waals surface area contributed by atoms with Crippen LogP contribution in [0.1, 0.15) is 32.2 Å². The van der Waals surface area contributed by atoms with Gasteiger partial charge >= 0.3 is 5.22 Å². The van der Waals surface area contributed by atoms with Crippen LogP contribution in [0.3, 0.4) is 0 Å². The van der Waals surface area contributed by atoms with E-state index in [1.54, 1.807) is 0 Å². The number of halogens is 1. The second-order valence-corrected chi connectivity index (χ2v) is 6.40. The number of nitrogens with zero attached hydrogens (tertiary/aromatic N) is 2. The summed E-state index contributed by atoms with van der Waals surface area (Å²) in [5.74, 6) is -0.514. The third kappa shape index (κ3) is 4.17. The average Bonchev–Trinajstić information content (AvgIpc) is 2.83. The second-order valence-electron chi connectivity index (χ2n) is 4.24. The van der Waals surface area contributed by atoms with Gasteiger partial charge in [-0.1, -0.05) is 25.4 Å². The van der Waals surface area contributed by atoms with Gasteiger partial charge in [-0.05, 0) is 5.92 Å². The molecule has 2 atom stereocenters. The van der Waals surface area contributed by atoms with Crippen LogP contribution in [-0.4, -0.2) is 36.7 Å². The molecule has 1 amide bonds. The van der Waals surface area contributed by atoms with Gasteiger partial charge < -0.3 is 9.73 Å². The molecule has 1 rings (SSSR count). The lowest BCUT2D eigenvalue weighted by molar-refractivity contribution is -0.120. The van der Waals surface area contributed by atoms with Crippen molar-refractivity contribution in [2.75, 3.05) is 12.1 Å². The standard InChI is InChI=1S/C10H16ClN3O4S/c1-4-6(2)8(12-7(15)5-11)9-13-14-10(18-9)19(3,16)17/h6,8H,4-5H2,1-3H3,(H,12,15)/t6-,8+/m1/s1. The van der Waals surface area contributed by atoms with Crippen molar-refractivity contribution in [3.05, 3.63) is 5.89 Å². The van der Waals surface area contributed by atoms with E-state index in [0.717, 1.165) is 12.7 Å². The van der Waals surface area contributed by atoms with Gasteiger partial charge in [0.15, 0.2) is 0 Å². The van der Waals surface area contributed by atoms with E-state index in [0.29, 0.717) is 0 Å². The number of carbonyl (C=O) groups excluding carboxylic acids is 1. The van der Waals surface area contributed by atoms with Crippen LogP contribution in [0.4, 0.5) is 0 Å². The van der Waals surface area contributed by atoms with E-state index in [1.165, 1.54) is 0 Å². The Labute approximate surface area is 116 Å². The van der Waals surface area contributed by atoms with E-state index in [-0.39, 0.29) is 23.6 Å². The van der Waals surface area contributed by atoms with E-state index >= 15 is 0 Å². The number of hydrogen-bond acceptors (Lipinski definition) is 6. The van der Waals surface area contributed by atoms with Gasteiger partial charge in [-0.3, -0.25) is 4.79 Å². The van der Waals surface area contributed by atoms with Crippen molar-refractivity contribution >= 4 is 27.3 Å². The van der Waals surface area contributed by atoms with Gasteiger partial charge in [0.25, 0.3) is 0 Å². The fourth-order valence-electron chi connectivity index (χ4n) is 1.39. The third-order valence-corrected chi connectivity index (χ3v) is 3.70. The molecule has 1 aromatic rings. The summed E-state index contributed by atoms with van der Waals surface area (Å²) in [7, 11) is -3.56. The van der Waals surface area contributed by atoms with E-state index in [1.807, 2.05) is 13.8 Å². The molecule has 1 aromatic heterocycles. The molecule has 0 aromatic carbocycles. The maximum absolute atomic E-state index is 11.4. The van der Waals surface area contributed by atoms with Crippen molar-refractivity contribution in [3.8, 4) is 0 Å². The van der Waals surface area contributed by atoms with Gasteiger partial charge in [0.2, 0.25) is 21.6 Å². The van der Waals surface area contributed by atoms with Crippen molar-refractivity contribution < 1.29 is 17.6 Å². The smallest absolute Gasteiger partial charge is 0.335 e. The molecule has 0 spiro atoms. The van der Waals surface area contributed by atoms with Crippen molar-refractivity contribution in [1.29, 1.82) is 0 Å². The largest absolute Gasteiger partial charge is 0.410 e. The molecule has 19 heavy (non-hydrogen) atoms. The van der Waals surface area contributed by atoms with Crippen molar-refractivity contribution in [3.63, 3.8) is 0 Å². The number of sulfone groups is 1. The molecular formula is C10H16ClN3O4S. The number of aromatic nitrogens is 2. The summed E-state index contributed by atoms with van der Waals surface area (Å²) in [4.78, 5) is 11.4. The van der Waals surface area contributed by atoms with Crippen LogP contribution in [0.5, 0.6) is 0 Å². The molecule has 0 fully saturated rings. The van der Waals surface area contributed by atoms with Crippen molar-refractivity contribution in [2.45, 2.75) is 31.5 Å². The molecule has 7 nitrogen and oxygen atoms in total. The number of alkyl halides is 1. The highest BCUT2D eigenvalue weighted by molar-refractivity contribution is 7.90. The molecular weight excluding hydrogens is 294 g/mol. The topological polar surface area (TPSA) is 102 Å². The van der Waals surface area contributed by atoms with Crippen LogP contribution in [0.15, 0.2) is 9.64 Å². The number of nitrogens with one attached hydrogen (secondary N) is 1. The fourth-order valence-corrected chi connectivity index (χ4v) is 1.89. The normalized spacial score (nSPS) is 14.9. The molecule has 0 radical (unpaired) electrons. The van der Waals surface area contributed by atoms with E-state index < -0.39 is 21.1 Å². The molecule has 0 saturated carbocycles. The lowest BCUT2D eigenvalue weighted by Crippen LogP contribution is -2.33. The van der Waals surface area contributed by atoms with Gasteiger partial charge in [0.1, 0.15) is 11.9 Å². The summed E-state index contributed by atoms with van der Waals surface area (Å²) in [6, 6.07) is -0.556. The Kier molecular flexibility index (Phi) is 5.30. The summed E-state index contributed by atoms with van der Waals surface area (Å²) >= 11 is 5.43. The Bertz CT molecular complexity index is 543. The predicted octanol–water partition coefficient (Wildman–Crippen LogP) is 0.915. The molecule has 0 aliphatic rings. The third-order valence-electron chi connectivity index (χ3n) is 2.66. The molecule has 108 valence electrons. The zero-order chi connectivity index (χ0) is 14.6. The lowest BCUT2D eigenvalue weighted by Gasteiger charge is -2.20. The van der Waals surface area contributed by atoms with Crippen LogP contribution in [0, 0.1) is 5.92 Å².